The summed E-state index contributed by atoms with van der Waals surface area (Å²) in [6.45, 7) is 4.03. The Morgan fingerprint density at radius 2 is 1.82 bits per heavy atom. The van der Waals surface area contributed by atoms with E-state index >= 15 is 0 Å². The van der Waals surface area contributed by atoms with Crippen LogP contribution < -0.4 is 5.32 Å². The zero-order valence-electron chi connectivity index (χ0n) is 12.7. The van der Waals surface area contributed by atoms with Crippen molar-refractivity contribution in [3.8, 4) is 5.69 Å². The minimum absolute atomic E-state index is 0.0211. The standard InChI is InChI=1S/C17H18N4O/c1-3-4-17(22)18-13-7-10-15-16(11-13)20-21(19-15)14-8-5-12(2)6-9-14/h5-11H,3-4H2,1-2H3,(H,18,22). The zero-order valence-corrected chi connectivity index (χ0v) is 12.7. The highest BCUT2D eigenvalue weighted by Crippen LogP contribution is 2.18. The zero-order chi connectivity index (χ0) is 15.5. The largest absolute Gasteiger partial charge is 0.326 e. The van der Waals surface area contributed by atoms with Crippen LogP contribution in [0.3, 0.4) is 0 Å². The average Bonchev–Trinajstić information content (AvgIpc) is 2.91. The third-order valence-corrected chi connectivity index (χ3v) is 3.41. The molecule has 1 amide bonds. The number of carbonyl (C=O) groups excluding carboxylic acids is 1. The van der Waals surface area contributed by atoms with E-state index in [9.17, 15) is 4.79 Å². The van der Waals surface area contributed by atoms with Gasteiger partial charge in [-0.05, 0) is 43.7 Å². The molecule has 0 aliphatic heterocycles. The molecule has 1 heterocycles. The fourth-order valence-electron chi connectivity index (χ4n) is 2.24. The number of hydrogen-bond donors (Lipinski definition) is 1. The predicted octanol–water partition coefficient (Wildman–Crippen LogP) is 3.47. The molecule has 5 nitrogen and oxygen atoms in total. The van der Waals surface area contributed by atoms with Gasteiger partial charge in [0.2, 0.25) is 5.91 Å². The number of aromatic nitrogens is 3. The first-order valence-electron chi connectivity index (χ1n) is 7.40. The number of hydrogen-bond acceptors (Lipinski definition) is 3. The van der Waals surface area contributed by atoms with Gasteiger partial charge in [-0.15, -0.1) is 10.2 Å². The Morgan fingerprint density at radius 3 is 2.55 bits per heavy atom. The van der Waals surface area contributed by atoms with Crippen LogP contribution in [-0.2, 0) is 4.79 Å². The van der Waals surface area contributed by atoms with E-state index in [1.165, 1.54) is 5.56 Å². The van der Waals surface area contributed by atoms with Crippen molar-refractivity contribution in [2.75, 3.05) is 5.32 Å². The Hall–Kier alpha value is -2.69. The summed E-state index contributed by atoms with van der Waals surface area (Å²) in [4.78, 5) is 13.3. The summed E-state index contributed by atoms with van der Waals surface area (Å²) < 4.78 is 0. The van der Waals surface area contributed by atoms with Gasteiger partial charge in [-0.25, -0.2) is 0 Å². The van der Waals surface area contributed by atoms with Crippen LogP contribution in [0.1, 0.15) is 25.3 Å². The van der Waals surface area contributed by atoms with Crippen molar-refractivity contribution in [1.82, 2.24) is 15.0 Å². The first-order chi connectivity index (χ1) is 10.7. The Kier molecular flexibility index (Phi) is 3.87. The van der Waals surface area contributed by atoms with Gasteiger partial charge in [-0.3, -0.25) is 4.79 Å². The molecule has 3 rings (SSSR count). The van der Waals surface area contributed by atoms with E-state index in [-0.39, 0.29) is 5.91 Å². The molecule has 22 heavy (non-hydrogen) atoms. The van der Waals surface area contributed by atoms with Crippen LogP contribution in [0, 0.1) is 6.92 Å². The third-order valence-electron chi connectivity index (χ3n) is 3.41. The molecule has 0 atom stereocenters. The smallest absolute Gasteiger partial charge is 0.224 e. The second-order valence-corrected chi connectivity index (χ2v) is 5.33. The molecule has 0 aliphatic rings. The summed E-state index contributed by atoms with van der Waals surface area (Å²) in [6.07, 6.45) is 1.35. The van der Waals surface area contributed by atoms with Crippen molar-refractivity contribution in [3.63, 3.8) is 0 Å². The van der Waals surface area contributed by atoms with Crippen LogP contribution in [0.2, 0.25) is 0 Å². The lowest BCUT2D eigenvalue weighted by Gasteiger charge is -2.02. The van der Waals surface area contributed by atoms with Crippen molar-refractivity contribution in [2.24, 2.45) is 0 Å². The molecule has 0 fully saturated rings. The van der Waals surface area contributed by atoms with Gasteiger partial charge in [-0.1, -0.05) is 24.6 Å². The molecule has 0 aliphatic carbocycles. The quantitative estimate of drug-likeness (QED) is 0.801. The molecule has 0 spiro atoms. The Balaban J connectivity index is 1.90. The van der Waals surface area contributed by atoms with Crippen LogP contribution in [0.5, 0.6) is 0 Å². The van der Waals surface area contributed by atoms with Crippen molar-refractivity contribution in [1.29, 1.82) is 0 Å². The molecule has 0 unspecified atom stereocenters. The molecular weight excluding hydrogens is 276 g/mol. The Labute approximate surface area is 129 Å². The normalized spacial score (nSPS) is 10.8. The lowest BCUT2D eigenvalue weighted by atomic mass is 10.2. The number of carbonyl (C=O) groups is 1. The van der Waals surface area contributed by atoms with Gasteiger partial charge < -0.3 is 5.32 Å². The first kappa shape index (κ1) is 14.3. The van der Waals surface area contributed by atoms with E-state index in [0.29, 0.717) is 6.42 Å². The maximum atomic E-state index is 11.7. The molecular formula is C17H18N4O. The highest BCUT2D eigenvalue weighted by Gasteiger charge is 2.07. The number of nitrogens with zero attached hydrogens (tertiary/aromatic N) is 3. The summed E-state index contributed by atoms with van der Waals surface area (Å²) in [5, 5.41) is 11.8. The van der Waals surface area contributed by atoms with Gasteiger partial charge in [0, 0.05) is 12.1 Å². The molecule has 112 valence electrons. The fourth-order valence-corrected chi connectivity index (χ4v) is 2.24. The SMILES string of the molecule is CCCC(=O)Nc1ccc2nn(-c3ccc(C)cc3)nc2c1. The van der Waals surface area contributed by atoms with E-state index in [4.69, 9.17) is 0 Å². The van der Waals surface area contributed by atoms with Gasteiger partial charge in [0.05, 0.1) is 5.69 Å². The summed E-state index contributed by atoms with van der Waals surface area (Å²) in [7, 11) is 0. The fraction of sp³-hybridized carbons (Fsp3) is 0.235. The second-order valence-electron chi connectivity index (χ2n) is 5.33. The molecule has 2 aromatic carbocycles. The molecule has 1 aromatic heterocycles. The molecule has 0 saturated heterocycles. The van der Waals surface area contributed by atoms with E-state index < -0.39 is 0 Å². The molecule has 1 N–H and O–H groups in total. The number of fused-ring (bicyclic) bond motifs is 1. The number of rotatable bonds is 4. The minimum atomic E-state index is 0.0211. The van der Waals surface area contributed by atoms with E-state index in [0.717, 1.165) is 28.8 Å². The number of nitrogens with one attached hydrogen (secondary N) is 1. The summed E-state index contributed by atoms with van der Waals surface area (Å²) >= 11 is 0. The van der Waals surface area contributed by atoms with Gasteiger partial charge in [0.25, 0.3) is 0 Å². The highest BCUT2D eigenvalue weighted by atomic mass is 16.1. The number of benzene rings is 2. The van der Waals surface area contributed by atoms with Crippen LogP contribution in [0.15, 0.2) is 42.5 Å². The maximum Gasteiger partial charge on any atom is 0.224 e. The number of aryl methyl sites for hydroxylation is 1. The van der Waals surface area contributed by atoms with E-state index in [2.05, 4.69) is 15.5 Å². The van der Waals surface area contributed by atoms with Gasteiger partial charge in [0.1, 0.15) is 11.0 Å². The Bertz CT molecular complexity index is 805. The number of amides is 1. The third kappa shape index (κ3) is 2.98. The lowest BCUT2D eigenvalue weighted by molar-refractivity contribution is -0.116. The molecule has 3 aromatic rings. The topological polar surface area (TPSA) is 59.8 Å². The number of anilines is 1. The monoisotopic (exact) mass is 294 g/mol. The summed E-state index contributed by atoms with van der Waals surface area (Å²) in [5.41, 5.74) is 4.42. The average molecular weight is 294 g/mol. The van der Waals surface area contributed by atoms with Gasteiger partial charge in [-0.2, -0.15) is 4.80 Å². The van der Waals surface area contributed by atoms with Crippen LogP contribution in [0.4, 0.5) is 5.69 Å². The molecule has 5 heteroatoms. The van der Waals surface area contributed by atoms with Gasteiger partial charge in [0.15, 0.2) is 0 Å². The molecule has 0 radical (unpaired) electrons. The van der Waals surface area contributed by atoms with Crippen molar-refractivity contribution < 1.29 is 4.79 Å². The van der Waals surface area contributed by atoms with Crippen LogP contribution >= 0.6 is 0 Å². The van der Waals surface area contributed by atoms with Gasteiger partial charge >= 0.3 is 0 Å². The van der Waals surface area contributed by atoms with Crippen molar-refractivity contribution in [2.45, 2.75) is 26.7 Å². The molecule has 0 bridgehead atoms. The van der Waals surface area contributed by atoms with E-state index in [1.807, 2.05) is 56.3 Å². The Morgan fingerprint density at radius 1 is 1.09 bits per heavy atom. The summed E-state index contributed by atoms with van der Waals surface area (Å²) in [5.74, 6) is 0.0211. The summed E-state index contributed by atoms with van der Waals surface area (Å²) in [6, 6.07) is 13.6. The first-order valence-corrected chi connectivity index (χ1v) is 7.40. The van der Waals surface area contributed by atoms with Crippen molar-refractivity contribution >= 4 is 22.6 Å². The molecule has 0 saturated carbocycles. The maximum absolute atomic E-state index is 11.7. The van der Waals surface area contributed by atoms with Crippen LogP contribution in [0.25, 0.3) is 16.7 Å². The highest BCUT2D eigenvalue weighted by molar-refractivity contribution is 5.92. The van der Waals surface area contributed by atoms with E-state index in [1.54, 1.807) is 4.80 Å². The predicted molar refractivity (Wildman–Crippen MR) is 87.1 cm³/mol. The second kappa shape index (κ2) is 5.97. The van der Waals surface area contributed by atoms with Crippen molar-refractivity contribution in [3.05, 3.63) is 48.0 Å². The minimum Gasteiger partial charge on any atom is -0.326 e. The lowest BCUT2D eigenvalue weighted by Crippen LogP contribution is -2.10. The van der Waals surface area contributed by atoms with Crippen LogP contribution in [-0.4, -0.2) is 20.9 Å².